The minimum Gasteiger partial charge on any atom is -0.497 e. The van der Waals surface area contributed by atoms with E-state index in [0.29, 0.717) is 6.54 Å². The topological polar surface area (TPSA) is 41.6 Å². The lowest BCUT2D eigenvalue weighted by molar-refractivity contribution is 0.0669. The van der Waals surface area contributed by atoms with E-state index in [4.69, 9.17) is 4.74 Å². The summed E-state index contributed by atoms with van der Waals surface area (Å²) >= 11 is 1.76. The number of thiophene rings is 1. The summed E-state index contributed by atoms with van der Waals surface area (Å²) in [6.45, 7) is 2.69. The van der Waals surface area contributed by atoms with Gasteiger partial charge in [-0.1, -0.05) is 31.2 Å². The maximum Gasteiger partial charge on any atom is 0.258 e. The fourth-order valence-electron chi connectivity index (χ4n) is 3.34. The van der Waals surface area contributed by atoms with E-state index in [2.05, 4.69) is 24.4 Å². The van der Waals surface area contributed by atoms with E-state index in [0.717, 1.165) is 33.9 Å². The van der Waals surface area contributed by atoms with Gasteiger partial charge in [0.25, 0.3) is 5.91 Å². The van der Waals surface area contributed by atoms with Gasteiger partial charge in [0, 0.05) is 22.0 Å². The van der Waals surface area contributed by atoms with Crippen molar-refractivity contribution in [1.29, 1.82) is 0 Å². The van der Waals surface area contributed by atoms with Gasteiger partial charge in [-0.05, 0) is 48.4 Å². The van der Waals surface area contributed by atoms with Crippen LogP contribution in [0.3, 0.4) is 0 Å². The quantitative estimate of drug-likeness (QED) is 0.673. The highest BCUT2D eigenvalue weighted by atomic mass is 32.1. The van der Waals surface area contributed by atoms with Crippen LogP contribution in [0.15, 0.2) is 60.7 Å². The molecule has 4 rings (SSSR count). The molecule has 1 N–H and O–H groups in total. The smallest absolute Gasteiger partial charge is 0.258 e. The third-order valence-corrected chi connectivity index (χ3v) is 6.12. The van der Waals surface area contributed by atoms with Gasteiger partial charge in [0.2, 0.25) is 0 Å². The van der Waals surface area contributed by atoms with Crippen LogP contribution in [0.1, 0.15) is 38.8 Å². The first-order valence-corrected chi connectivity index (χ1v) is 9.89. The molecule has 1 atom stereocenters. The number of hydrogen-bond donors (Lipinski definition) is 1. The van der Waals surface area contributed by atoms with Gasteiger partial charge in [-0.3, -0.25) is 4.79 Å². The molecule has 0 saturated carbocycles. The second kappa shape index (κ2) is 7.45. The van der Waals surface area contributed by atoms with Crippen LogP contribution in [0, 0.1) is 0 Å². The summed E-state index contributed by atoms with van der Waals surface area (Å²) in [7, 11) is 1.65. The number of ether oxygens (including phenoxy) is 1. The molecule has 27 heavy (non-hydrogen) atoms. The molecule has 3 aromatic rings. The molecule has 0 bridgehead atoms. The van der Waals surface area contributed by atoms with Gasteiger partial charge in [-0.25, -0.2) is 0 Å². The third-order valence-electron chi connectivity index (χ3n) is 4.83. The maximum absolute atomic E-state index is 13.3. The van der Waals surface area contributed by atoms with Crippen LogP contribution in [0.4, 0.5) is 5.69 Å². The van der Waals surface area contributed by atoms with E-state index < -0.39 is 0 Å². The largest absolute Gasteiger partial charge is 0.497 e. The molecule has 4 nitrogen and oxygen atoms in total. The van der Waals surface area contributed by atoms with E-state index in [1.165, 1.54) is 4.88 Å². The van der Waals surface area contributed by atoms with Crippen LogP contribution in [-0.2, 0) is 13.0 Å². The predicted octanol–water partition coefficient (Wildman–Crippen LogP) is 5.09. The summed E-state index contributed by atoms with van der Waals surface area (Å²) < 4.78 is 5.24. The first kappa shape index (κ1) is 17.6. The average Bonchev–Trinajstić information content (AvgIpc) is 3.19. The van der Waals surface area contributed by atoms with E-state index >= 15 is 0 Å². The number of anilines is 1. The van der Waals surface area contributed by atoms with Crippen molar-refractivity contribution in [3.8, 4) is 5.75 Å². The van der Waals surface area contributed by atoms with E-state index in [1.54, 1.807) is 18.4 Å². The number of nitrogens with one attached hydrogen (secondary N) is 1. The van der Waals surface area contributed by atoms with Gasteiger partial charge >= 0.3 is 0 Å². The number of aryl methyl sites for hydroxylation is 1. The van der Waals surface area contributed by atoms with Gasteiger partial charge in [0.05, 0.1) is 12.7 Å². The predicted molar refractivity (Wildman–Crippen MR) is 109 cm³/mol. The minimum absolute atomic E-state index is 0.0524. The van der Waals surface area contributed by atoms with Crippen molar-refractivity contribution in [3.63, 3.8) is 0 Å². The van der Waals surface area contributed by atoms with Crippen LogP contribution < -0.4 is 10.1 Å². The average molecular weight is 378 g/mol. The number of fused-ring (bicyclic) bond motifs is 1. The number of carbonyl (C=O) groups excluding carboxylic acids is 1. The van der Waals surface area contributed by atoms with Crippen LogP contribution in [0.2, 0.25) is 0 Å². The van der Waals surface area contributed by atoms with Gasteiger partial charge in [0.15, 0.2) is 0 Å². The molecule has 1 aliphatic rings. The Hall–Kier alpha value is -2.79. The molecule has 2 aromatic carbocycles. The summed E-state index contributed by atoms with van der Waals surface area (Å²) in [6.07, 6.45) is 0.834. The Morgan fingerprint density at radius 2 is 1.85 bits per heavy atom. The minimum atomic E-state index is -0.167. The molecule has 0 spiro atoms. The molecule has 138 valence electrons. The molecule has 0 radical (unpaired) electrons. The highest BCUT2D eigenvalue weighted by Gasteiger charge is 2.33. The Morgan fingerprint density at radius 1 is 1.07 bits per heavy atom. The fraction of sp³-hybridized carbons (Fsp3) is 0.227. The summed E-state index contributed by atoms with van der Waals surface area (Å²) in [5.41, 5.74) is 2.68. The zero-order valence-electron chi connectivity index (χ0n) is 15.4. The molecule has 1 aliphatic heterocycles. The molecule has 1 unspecified atom stereocenters. The zero-order chi connectivity index (χ0) is 18.8. The highest BCUT2D eigenvalue weighted by molar-refractivity contribution is 7.12. The van der Waals surface area contributed by atoms with Crippen molar-refractivity contribution < 1.29 is 9.53 Å². The van der Waals surface area contributed by atoms with Gasteiger partial charge < -0.3 is 15.0 Å². The fourth-order valence-corrected chi connectivity index (χ4v) is 4.36. The lowest BCUT2D eigenvalue weighted by atomic mass is 10.1. The standard InChI is InChI=1S/C22H22N2O2S/c1-3-17-12-13-20(27-17)21-23-19-7-5-4-6-18(19)22(25)24(21)14-15-8-10-16(26-2)11-9-15/h4-13,21,23H,3,14H2,1-2H3. The number of rotatable bonds is 5. The number of benzene rings is 2. The molecular formula is C22H22N2O2S. The first-order chi connectivity index (χ1) is 13.2. The van der Waals surface area contributed by atoms with Crippen molar-refractivity contribution >= 4 is 22.9 Å². The third kappa shape index (κ3) is 3.43. The monoisotopic (exact) mass is 378 g/mol. The molecule has 1 aromatic heterocycles. The summed E-state index contributed by atoms with van der Waals surface area (Å²) in [4.78, 5) is 17.7. The van der Waals surface area contributed by atoms with Crippen molar-refractivity contribution in [3.05, 3.63) is 81.5 Å². The van der Waals surface area contributed by atoms with E-state index in [9.17, 15) is 4.79 Å². The van der Waals surface area contributed by atoms with Crippen molar-refractivity contribution in [1.82, 2.24) is 4.90 Å². The summed E-state index contributed by atoms with van der Waals surface area (Å²) in [5, 5.41) is 3.56. The first-order valence-electron chi connectivity index (χ1n) is 9.07. The Morgan fingerprint density at radius 3 is 2.56 bits per heavy atom. The van der Waals surface area contributed by atoms with Crippen LogP contribution in [-0.4, -0.2) is 17.9 Å². The summed E-state index contributed by atoms with van der Waals surface area (Å²) in [6, 6.07) is 19.9. The van der Waals surface area contributed by atoms with Gasteiger partial charge in [0.1, 0.15) is 11.9 Å². The van der Waals surface area contributed by atoms with Crippen molar-refractivity contribution in [2.24, 2.45) is 0 Å². The normalized spacial score (nSPS) is 16.0. The SMILES string of the molecule is CCc1ccc(C2Nc3ccccc3C(=O)N2Cc2ccc(OC)cc2)s1. The lowest BCUT2D eigenvalue weighted by Gasteiger charge is -2.37. The van der Waals surface area contributed by atoms with Gasteiger partial charge in [-0.15, -0.1) is 11.3 Å². The molecule has 0 saturated heterocycles. The van der Waals surface area contributed by atoms with Crippen LogP contribution >= 0.6 is 11.3 Å². The molecular weight excluding hydrogens is 356 g/mol. The molecule has 0 fully saturated rings. The number of amides is 1. The summed E-state index contributed by atoms with van der Waals surface area (Å²) in [5.74, 6) is 0.867. The number of hydrogen-bond acceptors (Lipinski definition) is 4. The molecule has 1 amide bonds. The highest BCUT2D eigenvalue weighted by Crippen LogP contribution is 2.37. The lowest BCUT2D eigenvalue weighted by Crippen LogP contribution is -2.42. The Labute approximate surface area is 163 Å². The van der Waals surface area contributed by atoms with Gasteiger partial charge in [-0.2, -0.15) is 0 Å². The van der Waals surface area contributed by atoms with E-state index in [-0.39, 0.29) is 12.1 Å². The van der Waals surface area contributed by atoms with Crippen LogP contribution in [0.25, 0.3) is 0 Å². The molecule has 5 heteroatoms. The van der Waals surface area contributed by atoms with E-state index in [1.807, 2.05) is 53.4 Å². The molecule has 0 aliphatic carbocycles. The van der Waals surface area contributed by atoms with Crippen LogP contribution in [0.5, 0.6) is 5.75 Å². The number of nitrogens with zero attached hydrogens (tertiary/aromatic N) is 1. The Balaban J connectivity index is 1.70. The number of para-hydroxylation sites is 1. The second-order valence-electron chi connectivity index (χ2n) is 6.53. The Kier molecular flexibility index (Phi) is 4.86. The van der Waals surface area contributed by atoms with Crippen molar-refractivity contribution in [2.75, 3.05) is 12.4 Å². The number of carbonyl (C=O) groups is 1. The molecule has 2 heterocycles. The van der Waals surface area contributed by atoms with Crippen molar-refractivity contribution in [2.45, 2.75) is 26.1 Å². The number of methoxy groups -OCH3 is 1. The zero-order valence-corrected chi connectivity index (χ0v) is 16.3. The maximum atomic E-state index is 13.3. The second-order valence-corrected chi connectivity index (χ2v) is 7.73. The Bertz CT molecular complexity index is 949.